The second-order valence-electron chi connectivity index (χ2n) is 10.2. The lowest BCUT2D eigenvalue weighted by Gasteiger charge is -2.18. The van der Waals surface area contributed by atoms with E-state index in [9.17, 15) is 14.4 Å². The number of benzene rings is 5. The number of aryl methyl sites for hydroxylation is 1. The maximum Gasteiger partial charge on any atom is 0.272 e. The number of carbonyl (C=O) groups is 3. The number of thioether (sulfide) groups is 1. The van der Waals surface area contributed by atoms with Gasteiger partial charge in [-0.1, -0.05) is 94.3 Å². The SMILES string of the molecule is Cc1ccc(NC(=O)C(Sc2ccc(NC(=O)/C(=C/c3cccc(Br)c3)NC(=O)c3ccccc3)cc2)c2ccccc2)cc1. The third-order valence-corrected chi connectivity index (χ3v) is 8.47. The maximum absolute atomic E-state index is 13.4. The van der Waals surface area contributed by atoms with Crippen molar-refractivity contribution in [2.45, 2.75) is 17.1 Å². The average molecular weight is 677 g/mol. The lowest BCUT2D eigenvalue weighted by molar-refractivity contribution is -0.116. The van der Waals surface area contributed by atoms with Crippen LogP contribution in [0.1, 0.15) is 32.3 Å². The maximum atomic E-state index is 13.4. The summed E-state index contributed by atoms with van der Waals surface area (Å²) in [7, 11) is 0. The van der Waals surface area contributed by atoms with E-state index in [2.05, 4.69) is 31.9 Å². The second-order valence-corrected chi connectivity index (χ2v) is 12.3. The highest BCUT2D eigenvalue weighted by Gasteiger charge is 2.22. The minimum absolute atomic E-state index is 0.0947. The molecule has 0 aliphatic heterocycles. The fourth-order valence-electron chi connectivity index (χ4n) is 4.40. The van der Waals surface area contributed by atoms with Crippen molar-refractivity contribution in [3.8, 4) is 0 Å². The molecule has 5 rings (SSSR count). The smallest absolute Gasteiger partial charge is 0.272 e. The summed E-state index contributed by atoms with van der Waals surface area (Å²) in [6.45, 7) is 2.00. The molecule has 1 atom stereocenters. The molecule has 45 heavy (non-hydrogen) atoms. The molecule has 0 aliphatic carbocycles. The zero-order valence-electron chi connectivity index (χ0n) is 24.4. The van der Waals surface area contributed by atoms with Gasteiger partial charge in [0, 0.05) is 26.3 Å². The Bertz CT molecular complexity index is 1810. The van der Waals surface area contributed by atoms with Crippen LogP contribution in [0.15, 0.2) is 149 Å². The first kappa shape index (κ1) is 31.5. The van der Waals surface area contributed by atoms with Crippen LogP contribution in [-0.2, 0) is 9.59 Å². The highest BCUT2D eigenvalue weighted by Crippen LogP contribution is 2.36. The van der Waals surface area contributed by atoms with Gasteiger partial charge in [-0.3, -0.25) is 14.4 Å². The fraction of sp³-hybridized carbons (Fsp3) is 0.0541. The summed E-state index contributed by atoms with van der Waals surface area (Å²) in [5, 5.41) is 8.17. The summed E-state index contributed by atoms with van der Waals surface area (Å²) in [5.74, 6) is -1.00. The molecule has 0 saturated carbocycles. The molecule has 0 bridgehead atoms. The van der Waals surface area contributed by atoms with E-state index in [4.69, 9.17) is 0 Å². The van der Waals surface area contributed by atoms with Crippen LogP contribution >= 0.6 is 27.7 Å². The van der Waals surface area contributed by atoms with Crippen molar-refractivity contribution < 1.29 is 14.4 Å². The Morgan fingerprint density at radius 1 is 0.711 bits per heavy atom. The molecule has 1 unspecified atom stereocenters. The molecule has 0 heterocycles. The van der Waals surface area contributed by atoms with Crippen LogP contribution in [0.3, 0.4) is 0 Å². The number of hydrogen-bond acceptors (Lipinski definition) is 4. The van der Waals surface area contributed by atoms with Gasteiger partial charge in [-0.25, -0.2) is 0 Å². The zero-order chi connectivity index (χ0) is 31.6. The van der Waals surface area contributed by atoms with Crippen molar-refractivity contribution in [2.75, 3.05) is 10.6 Å². The third-order valence-electron chi connectivity index (χ3n) is 6.71. The first-order valence-electron chi connectivity index (χ1n) is 14.2. The predicted octanol–water partition coefficient (Wildman–Crippen LogP) is 8.64. The van der Waals surface area contributed by atoms with Crippen molar-refractivity contribution in [3.63, 3.8) is 0 Å². The van der Waals surface area contributed by atoms with Crippen LogP contribution in [0.25, 0.3) is 6.08 Å². The zero-order valence-corrected chi connectivity index (χ0v) is 26.8. The molecule has 0 aromatic heterocycles. The molecule has 5 aromatic rings. The number of carbonyl (C=O) groups excluding carboxylic acids is 3. The molecular weight excluding hydrogens is 646 g/mol. The van der Waals surface area contributed by atoms with E-state index in [1.807, 2.05) is 104 Å². The van der Waals surface area contributed by atoms with Crippen LogP contribution in [0, 0.1) is 6.92 Å². The Labute approximate surface area is 275 Å². The molecule has 0 spiro atoms. The minimum atomic E-state index is -0.499. The number of halogens is 1. The van der Waals surface area contributed by atoms with Gasteiger partial charge in [0.15, 0.2) is 0 Å². The third kappa shape index (κ3) is 9.04. The number of nitrogens with one attached hydrogen (secondary N) is 3. The summed E-state index contributed by atoms with van der Waals surface area (Å²) in [5.41, 5.74) is 4.54. The Morgan fingerprint density at radius 2 is 1.33 bits per heavy atom. The standard InChI is InChI=1S/C37H30BrN3O3S/c1-25-15-17-30(18-16-25)40-37(44)34(27-10-4-2-5-11-27)45-32-21-19-31(20-22-32)39-36(43)33(24-26-9-8-14-29(38)23-26)41-35(42)28-12-6-3-7-13-28/h2-24,34H,1H3,(H,39,43)(H,40,44)(H,41,42)/b33-24-. The molecule has 5 aromatic carbocycles. The van der Waals surface area contributed by atoms with E-state index in [0.717, 1.165) is 31.7 Å². The lowest BCUT2D eigenvalue weighted by atomic mass is 10.1. The van der Waals surface area contributed by atoms with Crippen LogP contribution in [-0.4, -0.2) is 17.7 Å². The lowest BCUT2D eigenvalue weighted by Crippen LogP contribution is -2.30. The summed E-state index contributed by atoms with van der Waals surface area (Å²) in [6, 6.07) is 40.7. The van der Waals surface area contributed by atoms with Gasteiger partial charge < -0.3 is 16.0 Å². The summed E-state index contributed by atoms with van der Waals surface area (Å²) in [6.07, 6.45) is 1.63. The highest BCUT2D eigenvalue weighted by atomic mass is 79.9. The molecule has 6 nitrogen and oxygen atoms in total. The van der Waals surface area contributed by atoms with Crippen molar-refractivity contribution in [1.29, 1.82) is 0 Å². The van der Waals surface area contributed by atoms with Crippen molar-refractivity contribution in [2.24, 2.45) is 0 Å². The monoisotopic (exact) mass is 675 g/mol. The van der Waals surface area contributed by atoms with Crippen LogP contribution in [0.2, 0.25) is 0 Å². The molecule has 8 heteroatoms. The van der Waals surface area contributed by atoms with Gasteiger partial charge in [-0.2, -0.15) is 0 Å². The van der Waals surface area contributed by atoms with E-state index in [1.165, 1.54) is 11.8 Å². The van der Waals surface area contributed by atoms with Crippen molar-refractivity contribution in [1.82, 2.24) is 5.32 Å². The van der Waals surface area contributed by atoms with Gasteiger partial charge >= 0.3 is 0 Å². The molecule has 0 radical (unpaired) electrons. The summed E-state index contributed by atoms with van der Waals surface area (Å²) < 4.78 is 0.847. The Balaban J connectivity index is 1.32. The Kier molecular flexibility index (Phi) is 10.6. The number of anilines is 2. The van der Waals surface area contributed by atoms with E-state index in [-0.39, 0.29) is 11.6 Å². The van der Waals surface area contributed by atoms with E-state index in [0.29, 0.717) is 11.3 Å². The van der Waals surface area contributed by atoms with E-state index < -0.39 is 17.1 Å². The van der Waals surface area contributed by atoms with Crippen LogP contribution in [0.5, 0.6) is 0 Å². The molecule has 224 valence electrons. The normalized spacial score (nSPS) is 11.7. The summed E-state index contributed by atoms with van der Waals surface area (Å²) >= 11 is 4.87. The van der Waals surface area contributed by atoms with Gasteiger partial charge in [0.1, 0.15) is 10.9 Å². The molecule has 0 fully saturated rings. The van der Waals surface area contributed by atoms with Gasteiger partial charge in [0.2, 0.25) is 5.91 Å². The highest BCUT2D eigenvalue weighted by molar-refractivity contribution is 9.10. The van der Waals surface area contributed by atoms with Gasteiger partial charge in [-0.15, -0.1) is 11.8 Å². The topological polar surface area (TPSA) is 87.3 Å². The van der Waals surface area contributed by atoms with Gasteiger partial charge in [0.25, 0.3) is 11.8 Å². The molecular formula is C37H30BrN3O3S. The number of hydrogen-bond donors (Lipinski definition) is 3. The quantitative estimate of drug-likeness (QED) is 0.102. The Hall–Kier alpha value is -4.92. The van der Waals surface area contributed by atoms with Crippen molar-refractivity contribution >= 4 is 62.9 Å². The molecule has 0 saturated heterocycles. The van der Waals surface area contributed by atoms with E-state index in [1.54, 1.807) is 42.5 Å². The molecule has 3 amide bonds. The molecule has 0 aliphatic rings. The molecule has 3 N–H and O–H groups in total. The first-order valence-corrected chi connectivity index (χ1v) is 15.9. The number of rotatable bonds is 10. The predicted molar refractivity (Wildman–Crippen MR) is 186 cm³/mol. The second kappa shape index (κ2) is 15.2. The number of amides is 3. The van der Waals surface area contributed by atoms with E-state index >= 15 is 0 Å². The Morgan fingerprint density at radius 3 is 2.00 bits per heavy atom. The van der Waals surface area contributed by atoms with Gasteiger partial charge in [0.05, 0.1) is 0 Å². The summed E-state index contributed by atoms with van der Waals surface area (Å²) in [4.78, 5) is 40.6. The largest absolute Gasteiger partial charge is 0.325 e. The minimum Gasteiger partial charge on any atom is -0.325 e. The van der Waals surface area contributed by atoms with Crippen LogP contribution < -0.4 is 16.0 Å². The van der Waals surface area contributed by atoms with Crippen LogP contribution in [0.4, 0.5) is 11.4 Å². The van der Waals surface area contributed by atoms with Crippen molar-refractivity contribution in [3.05, 3.63) is 166 Å². The average Bonchev–Trinajstić information content (AvgIpc) is 3.06. The fourth-order valence-corrected chi connectivity index (χ4v) is 5.84. The first-order chi connectivity index (χ1) is 21.8. The van der Waals surface area contributed by atoms with Gasteiger partial charge in [-0.05, 0) is 84.8 Å².